The number of carbonyl (C=O) groups is 3. The number of aliphatic carboxylic acids is 1. The lowest BCUT2D eigenvalue weighted by atomic mass is 9.74. The highest BCUT2D eigenvalue weighted by Gasteiger charge is 2.55. The number of nitrogens with zero attached hydrogens (tertiary/aromatic N) is 4. The van der Waals surface area contributed by atoms with Gasteiger partial charge in [-0.3, -0.25) is 10.2 Å². The molecule has 2 amide bonds. The van der Waals surface area contributed by atoms with Crippen LogP contribution in [0, 0.1) is 11.3 Å². The number of carboxylic acids is 1. The van der Waals surface area contributed by atoms with Crippen molar-refractivity contribution in [2.45, 2.75) is 105 Å². The van der Waals surface area contributed by atoms with Gasteiger partial charge >= 0.3 is 5.91 Å². The first-order chi connectivity index (χ1) is 21.9. The minimum absolute atomic E-state index is 0.00120. The Balaban J connectivity index is 0.000000644. The molecule has 2 aliphatic heterocycles. The third-order valence-corrected chi connectivity index (χ3v) is 9.07. The fourth-order valence-corrected chi connectivity index (χ4v) is 6.12. The van der Waals surface area contributed by atoms with Gasteiger partial charge in [0.2, 0.25) is 0 Å². The van der Waals surface area contributed by atoms with Crippen LogP contribution < -0.4 is 10.5 Å². The number of amidine groups is 1. The van der Waals surface area contributed by atoms with E-state index in [2.05, 4.69) is 44.2 Å². The molecule has 9 heteroatoms. The molecule has 2 aromatic carbocycles. The monoisotopic (exact) mass is 641 g/mol. The topological polar surface area (TPSA) is 124 Å². The molecule has 0 spiro atoms. The van der Waals surface area contributed by atoms with E-state index < -0.39 is 16.8 Å². The van der Waals surface area contributed by atoms with E-state index in [0.717, 1.165) is 41.9 Å². The second-order valence-corrected chi connectivity index (χ2v) is 15.4. The quantitative estimate of drug-likeness (QED) is 0.420. The van der Waals surface area contributed by atoms with Gasteiger partial charge in [0.05, 0.1) is 13.0 Å². The van der Waals surface area contributed by atoms with Gasteiger partial charge < -0.3 is 19.4 Å². The number of hydrogen-bond acceptors (Lipinski definition) is 5. The van der Waals surface area contributed by atoms with Gasteiger partial charge in [0, 0.05) is 42.4 Å². The average Bonchev–Trinajstić information content (AvgIpc) is 3.57. The first-order valence-electron chi connectivity index (χ1n) is 16.6. The molecule has 252 valence electrons. The van der Waals surface area contributed by atoms with E-state index in [9.17, 15) is 19.5 Å². The number of aromatic nitrogens is 2. The van der Waals surface area contributed by atoms with Crippen molar-refractivity contribution in [1.29, 1.82) is 0 Å². The van der Waals surface area contributed by atoms with Gasteiger partial charge in [0.1, 0.15) is 17.8 Å². The van der Waals surface area contributed by atoms with E-state index in [1.165, 1.54) is 0 Å². The Labute approximate surface area is 279 Å². The van der Waals surface area contributed by atoms with Crippen LogP contribution in [0.4, 0.5) is 0 Å². The maximum absolute atomic E-state index is 14.2. The highest BCUT2D eigenvalue weighted by atomic mass is 16.4. The summed E-state index contributed by atoms with van der Waals surface area (Å²) in [6, 6.07) is 16.1. The van der Waals surface area contributed by atoms with Crippen LogP contribution in [0.5, 0.6) is 0 Å². The van der Waals surface area contributed by atoms with E-state index in [1.54, 1.807) is 31.9 Å². The van der Waals surface area contributed by atoms with Crippen LogP contribution >= 0.6 is 0 Å². The summed E-state index contributed by atoms with van der Waals surface area (Å²) in [4.78, 5) is 46.1. The van der Waals surface area contributed by atoms with Gasteiger partial charge in [-0.15, -0.1) is 0 Å². The van der Waals surface area contributed by atoms with E-state index in [4.69, 9.17) is 5.41 Å². The number of fused-ring (bicyclic) bond motifs is 1. The lowest BCUT2D eigenvalue weighted by molar-refractivity contribution is -0.316. The number of benzene rings is 2. The number of carboxylic acid groups (broad SMARTS) is 1. The predicted octanol–water partition coefficient (Wildman–Crippen LogP) is 3.88. The molecule has 0 aliphatic carbocycles. The van der Waals surface area contributed by atoms with Crippen molar-refractivity contribution in [2.24, 2.45) is 11.3 Å². The maximum atomic E-state index is 14.2. The van der Waals surface area contributed by atoms with E-state index in [0.29, 0.717) is 43.4 Å². The number of imidazole rings is 1. The molecule has 2 aliphatic rings. The summed E-state index contributed by atoms with van der Waals surface area (Å²) >= 11 is 0. The van der Waals surface area contributed by atoms with Gasteiger partial charge in [-0.2, -0.15) is 4.90 Å². The molecule has 0 radical (unpaired) electrons. The van der Waals surface area contributed by atoms with Crippen LogP contribution in [0.15, 0.2) is 60.9 Å². The summed E-state index contributed by atoms with van der Waals surface area (Å²) in [5, 5.41) is 16.5. The zero-order valence-electron chi connectivity index (χ0n) is 29.3. The second-order valence-electron chi connectivity index (χ2n) is 15.4. The minimum atomic E-state index is -1.01. The highest BCUT2D eigenvalue weighted by molar-refractivity contribution is 6.09. The Morgan fingerprint density at radius 3 is 2.28 bits per heavy atom. The SMILES string of the molecule is CC(C)(C)C(=O)[O-].CC(C)CC[C@]1(c2ccccc2)CC(=[NH2+])N(Cc2ccc(C(C)(C)C)c(C(=O)N3CCn4ccnc4C3)c2)C1=O. The van der Waals surface area contributed by atoms with Crippen molar-refractivity contribution in [3.63, 3.8) is 0 Å². The third-order valence-electron chi connectivity index (χ3n) is 9.07. The molecule has 1 fully saturated rings. The standard InChI is InChI=1S/C33H41N5O2.C5H10O2/c1-23(2)13-14-33(25-9-7-6-8-10-25)20-28(34)38(31(33)40)21-24-11-12-27(32(3,4)5)26(19-24)30(39)37-18-17-36-16-15-35-29(36)22-37;1-5(2,3)4(6)7/h6-12,15-16,19,23,34H,13-14,17-18,20-22H2,1-5H3;1-3H3,(H,6,7)/t33-;/m1./s1. The maximum Gasteiger partial charge on any atom is 0.320 e. The lowest BCUT2D eigenvalue weighted by Gasteiger charge is -2.30. The van der Waals surface area contributed by atoms with Crippen molar-refractivity contribution in [3.8, 4) is 0 Å². The summed E-state index contributed by atoms with van der Waals surface area (Å²) in [5.74, 6) is 1.02. The smallest absolute Gasteiger partial charge is 0.320 e. The molecule has 5 rings (SSSR count). The normalized spacial score (nSPS) is 18.2. The van der Waals surface area contributed by atoms with Crippen molar-refractivity contribution >= 4 is 23.6 Å². The van der Waals surface area contributed by atoms with E-state index in [1.807, 2.05) is 59.6 Å². The molecule has 47 heavy (non-hydrogen) atoms. The van der Waals surface area contributed by atoms with Crippen LogP contribution in [-0.4, -0.2) is 49.5 Å². The summed E-state index contributed by atoms with van der Waals surface area (Å²) in [5.41, 5.74) is 2.04. The number of rotatable bonds is 7. The predicted molar refractivity (Wildman–Crippen MR) is 181 cm³/mol. The number of nitrogens with two attached hydrogens (primary N) is 1. The Kier molecular flexibility index (Phi) is 10.5. The Morgan fingerprint density at radius 2 is 1.68 bits per heavy atom. The molecule has 0 unspecified atom stereocenters. The number of likely N-dealkylation sites (tertiary alicyclic amines) is 1. The molecular formula is C38H51N5O4. The van der Waals surface area contributed by atoms with Crippen molar-refractivity contribution in [2.75, 3.05) is 6.54 Å². The molecule has 2 N–H and O–H groups in total. The van der Waals surface area contributed by atoms with Gasteiger partial charge in [-0.25, -0.2) is 9.78 Å². The minimum Gasteiger partial charge on any atom is -0.550 e. The molecule has 3 heterocycles. The molecule has 3 aromatic rings. The van der Waals surface area contributed by atoms with Gasteiger partial charge in [-0.1, -0.05) is 97.9 Å². The number of carbonyl (C=O) groups excluding carboxylic acids is 3. The van der Waals surface area contributed by atoms with Crippen LogP contribution in [0.25, 0.3) is 0 Å². The van der Waals surface area contributed by atoms with Crippen LogP contribution in [-0.2, 0) is 40.1 Å². The first-order valence-corrected chi connectivity index (χ1v) is 16.6. The summed E-state index contributed by atoms with van der Waals surface area (Å²) in [6.07, 6.45) is 5.95. The molecule has 1 saturated heterocycles. The summed E-state index contributed by atoms with van der Waals surface area (Å²) in [6.45, 7) is 17.8. The zero-order chi connectivity index (χ0) is 34.7. The van der Waals surface area contributed by atoms with Gasteiger partial charge in [0.15, 0.2) is 0 Å². The Hall–Kier alpha value is -4.27. The molecular weight excluding hydrogens is 590 g/mol. The molecule has 0 bridgehead atoms. The fraction of sp³-hybridized carbons (Fsp3) is 0.500. The molecule has 9 nitrogen and oxygen atoms in total. The second kappa shape index (κ2) is 13.8. The van der Waals surface area contributed by atoms with E-state index >= 15 is 0 Å². The summed E-state index contributed by atoms with van der Waals surface area (Å²) < 4.78 is 2.10. The van der Waals surface area contributed by atoms with Crippen molar-refractivity contribution in [1.82, 2.24) is 19.4 Å². The third kappa shape index (κ3) is 8.00. The van der Waals surface area contributed by atoms with Crippen LogP contribution in [0.1, 0.15) is 108 Å². The largest absolute Gasteiger partial charge is 0.550 e. The van der Waals surface area contributed by atoms with E-state index in [-0.39, 0.29) is 17.2 Å². The van der Waals surface area contributed by atoms with Gasteiger partial charge in [0.25, 0.3) is 11.7 Å². The average molecular weight is 642 g/mol. The van der Waals surface area contributed by atoms with Crippen molar-refractivity contribution in [3.05, 3.63) is 89.0 Å². The highest BCUT2D eigenvalue weighted by Crippen LogP contribution is 2.42. The number of hydrogen-bond donors (Lipinski definition) is 1. The van der Waals surface area contributed by atoms with Crippen molar-refractivity contribution < 1.29 is 24.9 Å². The zero-order valence-corrected chi connectivity index (χ0v) is 29.3. The first kappa shape index (κ1) is 35.6. The fourth-order valence-electron chi connectivity index (χ4n) is 6.12. The number of amides is 2. The molecule has 0 saturated carbocycles. The molecule has 1 aromatic heterocycles. The summed E-state index contributed by atoms with van der Waals surface area (Å²) in [7, 11) is 0. The van der Waals surface area contributed by atoms with Crippen LogP contribution in [0.3, 0.4) is 0 Å². The lowest BCUT2D eigenvalue weighted by Crippen LogP contribution is -2.48. The Morgan fingerprint density at radius 1 is 1.02 bits per heavy atom. The Bertz CT molecular complexity index is 1610. The van der Waals surface area contributed by atoms with Crippen LogP contribution in [0.2, 0.25) is 0 Å². The van der Waals surface area contributed by atoms with Gasteiger partial charge in [-0.05, 0) is 46.9 Å². The molecule has 1 atom stereocenters.